The summed E-state index contributed by atoms with van der Waals surface area (Å²) in [5, 5.41) is 9.78. The molecule has 1 heterocycles. The van der Waals surface area contributed by atoms with Crippen LogP contribution in [0.25, 0.3) is 0 Å². The predicted octanol–water partition coefficient (Wildman–Crippen LogP) is 2.10. The van der Waals surface area contributed by atoms with E-state index in [1.807, 2.05) is 20.1 Å². The smallest absolute Gasteiger partial charge is 0.314 e. The van der Waals surface area contributed by atoms with Gasteiger partial charge in [0.05, 0.1) is 24.5 Å². The number of methoxy groups -OCH3 is 1. The summed E-state index contributed by atoms with van der Waals surface area (Å²) >= 11 is 1.60. The molecule has 1 aliphatic rings. The van der Waals surface area contributed by atoms with Crippen molar-refractivity contribution in [2.75, 3.05) is 19.1 Å². The van der Waals surface area contributed by atoms with Crippen molar-refractivity contribution in [1.82, 2.24) is 0 Å². The Balaban J connectivity index is 3.29. The molecule has 1 aliphatic heterocycles. The van der Waals surface area contributed by atoms with Crippen molar-refractivity contribution in [2.45, 2.75) is 33.2 Å². The normalized spacial score (nSPS) is 33.5. The molecule has 0 amide bonds. The fourth-order valence-corrected chi connectivity index (χ4v) is 3.77. The Hall–Kier alpha value is -1.04. The number of ether oxygens (including phenoxy) is 1. The lowest BCUT2D eigenvalue weighted by Crippen LogP contribution is -2.54. The zero-order valence-electron chi connectivity index (χ0n) is 12.7. The molecule has 0 aromatic carbocycles. The molecule has 0 aromatic heterocycles. The number of carbonyl (C=O) groups excluding carboxylic acids is 1. The molecule has 1 rings (SSSR count). The molecule has 5 nitrogen and oxygen atoms in total. The molecule has 0 saturated heterocycles. The number of aliphatic carboxylic acids is 1. The first-order valence-corrected chi connectivity index (χ1v) is 8.06. The van der Waals surface area contributed by atoms with Gasteiger partial charge in [-0.3, -0.25) is 14.6 Å². The van der Waals surface area contributed by atoms with Gasteiger partial charge in [0, 0.05) is 5.71 Å². The number of aliphatic imine (C=N–C) groups is 1. The van der Waals surface area contributed by atoms with Gasteiger partial charge in [-0.05, 0) is 38.2 Å². The maximum atomic E-state index is 12.0. The van der Waals surface area contributed by atoms with Crippen molar-refractivity contribution in [3.63, 3.8) is 0 Å². The molecule has 0 spiro atoms. The van der Waals surface area contributed by atoms with Gasteiger partial charge in [-0.1, -0.05) is 6.92 Å². The van der Waals surface area contributed by atoms with Gasteiger partial charge in [0.25, 0.3) is 0 Å². The molecule has 114 valence electrons. The highest BCUT2D eigenvalue weighted by atomic mass is 32.2. The number of carbonyl (C=O) groups is 2. The number of esters is 1. The van der Waals surface area contributed by atoms with Crippen LogP contribution in [0.15, 0.2) is 4.99 Å². The highest BCUT2D eigenvalue weighted by Crippen LogP contribution is 2.46. The van der Waals surface area contributed by atoms with Crippen LogP contribution in [-0.4, -0.2) is 47.9 Å². The fourth-order valence-electron chi connectivity index (χ4n) is 3.23. The van der Waals surface area contributed by atoms with Crippen molar-refractivity contribution in [2.24, 2.45) is 22.2 Å². The van der Waals surface area contributed by atoms with Crippen molar-refractivity contribution in [3.05, 3.63) is 0 Å². The molecular weight excluding hydrogens is 278 g/mol. The third-order valence-corrected chi connectivity index (χ3v) is 5.09. The van der Waals surface area contributed by atoms with Crippen molar-refractivity contribution in [3.8, 4) is 0 Å². The first-order chi connectivity index (χ1) is 9.32. The molecule has 4 atom stereocenters. The molecule has 1 N–H and O–H groups in total. The van der Waals surface area contributed by atoms with Crippen molar-refractivity contribution < 1.29 is 19.4 Å². The minimum atomic E-state index is -1.01. The van der Waals surface area contributed by atoms with Crippen LogP contribution in [0, 0.1) is 17.3 Å². The van der Waals surface area contributed by atoms with Gasteiger partial charge >= 0.3 is 11.9 Å². The van der Waals surface area contributed by atoms with E-state index in [9.17, 15) is 14.7 Å². The summed E-state index contributed by atoms with van der Waals surface area (Å²) in [6.07, 6.45) is 2.44. The van der Waals surface area contributed by atoms with E-state index in [1.54, 1.807) is 18.7 Å². The maximum absolute atomic E-state index is 12.0. The number of carboxylic acids is 1. The van der Waals surface area contributed by atoms with Crippen LogP contribution in [0.3, 0.4) is 0 Å². The van der Waals surface area contributed by atoms with E-state index in [0.717, 1.165) is 5.75 Å². The Morgan fingerprint density at radius 3 is 2.50 bits per heavy atom. The summed E-state index contributed by atoms with van der Waals surface area (Å²) in [7, 11) is 1.32. The molecule has 0 bridgehead atoms. The molecule has 0 fully saturated rings. The van der Waals surface area contributed by atoms with Crippen LogP contribution >= 0.6 is 11.8 Å². The summed E-state index contributed by atoms with van der Waals surface area (Å²) in [5.74, 6) is -1.47. The number of rotatable bonds is 5. The number of hydrogen-bond donors (Lipinski definition) is 1. The Morgan fingerprint density at radius 2 is 2.05 bits per heavy atom. The average molecular weight is 301 g/mol. The average Bonchev–Trinajstić information content (AvgIpc) is 2.37. The van der Waals surface area contributed by atoms with Gasteiger partial charge in [-0.15, -0.1) is 0 Å². The first kappa shape index (κ1) is 17.0. The van der Waals surface area contributed by atoms with Crippen LogP contribution in [0.5, 0.6) is 0 Å². The third kappa shape index (κ3) is 2.71. The summed E-state index contributed by atoms with van der Waals surface area (Å²) in [6.45, 7) is 5.42. The van der Waals surface area contributed by atoms with Crippen LogP contribution in [0.2, 0.25) is 0 Å². The van der Waals surface area contributed by atoms with E-state index in [2.05, 4.69) is 4.99 Å². The fraction of sp³-hybridized carbons (Fsp3) is 0.786. The van der Waals surface area contributed by atoms with E-state index in [4.69, 9.17) is 4.74 Å². The molecule has 6 heteroatoms. The molecule has 4 unspecified atom stereocenters. The highest BCUT2D eigenvalue weighted by Gasteiger charge is 2.55. The summed E-state index contributed by atoms with van der Waals surface area (Å²) in [6, 6.07) is -0.344. The summed E-state index contributed by atoms with van der Waals surface area (Å²) in [5.41, 5.74) is -0.348. The maximum Gasteiger partial charge on any atom is 0.314 e. The molecule has 0 saturated carbocycles. The SMILES string of the molecule is COC(=O)C1C(C)=NC(C)C(CCSC)(C(=O)O)C1C. The van der Waals surface area contributed by atoms with Gasteiger partial charge in [0.2, 0.25) is 0 Å². The third-order valence-electron chi connectivity index (χ3n) is 4.48. The largest absolute Gasteiger partial charge is 0.481 e. The molecular formula is C14H23NO4S. The summed E-state index contributed by atoms with van der Waals surface area (Å²) in [4.78, 5) is 28.3. The van der Waals surface area contributed by atoms with E-state index in [-0.39, 0.29) is 12.0 Å². The lowest BCUT2D eigenvalue weighted by atomic mass is 9.62. The van der Waals surface area contributed by atoms with Gasteiger partial charge in [-0.25, -0.2) is 0 Å². The van der Waals surface area contributed by atoms with Crippen molar-refractivity contribution in [1.29, 1.82) is 0 Å². The predicted molar refractivity (Wildman–Crippen MR) is 80.3 cm³/mol. The molecule has 20 heavy (non-hydrogen) atoms. The second-order valence-corrected chi connectivity index (χ2v) is 6.31. The van der Waals surface area contributed by atoms with E-state index in [1.165, 1.54) is 7.11 Å². The number of hydrogen-bond acceptors (Lipinski definition) is 5. The van der Waals surface area contributed by atoms with Gasteiger partial charge < -0.3 is 9.84 Å². The van der Waals surface area contributed by atoms with Crippen LogP contribution < -0.4 is 0 Å². The highest BCUT2D eigenvalue weighted by molar-refractivity contribution is 7.98. The standard InChI is InChI=1S/C14H23NO4S/c1-8-11(12(16)19-4)9(2)15-10(3)14(8,13(17)18)6-7-20-5/h8,10-11H,6-7H2,1-5H3,(H,17,18). The Labute approximate surface area is 124 Å². The molecule has 0 aliphatic carbocycles. The number of carboxylic acid groups (broad SMARTS) is 1. The zero-order valence-corrected chi connectivity index (χ0v) is 13.5. The van der Waals surface area contributed by atoms with Crippen LogP contribution in [-0.2, 0) is 14.3 Å². The zero-order chi connectivity index (χ0) is 15.5. The minimum absolute atomic E-state index is 0.341. The van der Waals surface area contributed by atoms with Crippen LogP contribution in [0.4, 0.5) is 0 Å². The van der Waals surface area contributed by atoms with E-state index < -0.39 is 23.3 Å². The first-order valence-electron chi connectivity index (χ1n) is 6.67. The number of nitrogens with zero attached hydrogens (tertiary/aromatic N) is 1. The summed E-state index contributed by atoms with van der Waals surface area (Å²) < 4.78 is 4.83. The quantitative estimate of drug-likeness (QED) is 0.787. The van der Waals surface area contributed by atoms with Crippen molar-refractivity contribution >= 4 is 29.4 Å². The number of thioether (sulfide) groups is 1. The van der Waals surface area contributed by atoms with E-state index >= 15 is 0 Å². The lowest BCUT2D eigenvalue weighted by molar-refractivity contribution is -0.159. The Kier molecular flexibility index (Phi) is 5.62. The monoisotopic (exact) mass is 301 g/mol. The van der Waals surface area contributed by atoms with Gasteiger partial charge in [0.1, 0.15) is 0 Å². The lowest BCUT2D eigenvalue weighted by Gasteiger charge is -2.45. The second kappa shape index (κ2) is 6.61. The van der Waals surface area contributed by atoms with Gasteiger partial charge in [-0.2, -0.15) is 11.8 Å². The molecule has 0 radical (unpaired) electrons. The molecule has 0 aromatic rings. The second-order valence-electron chi connectivity index (χ2n) is 5.32. The van der Waals surface area contributed by atoms with Crippen LogP contribution in [0.1, 0.15) is 27.2 Å². The minimum Gasteiger partial charge on any atom is -0.481 e. The Bertz CT molecular complexity index is 423. The van der Waals surface area contributed by atoms with Gasteiger partial charge in [0.15, 0.2) is 0 Å². The van der Waals surface area contributed by atoms with E-state index in [0.29, 0.717) is 12.1 Å². The Morgan fingerprint density at radius 1 is 1.45 bits per heavy atom. The topological polar surface area (TPSA) is 76.0 Å².